The van der Waals surface area contributed by atoms with Gasteiger partial charge in [0.05, 0.1) is 25.1 Å². The average Bonchev–Trinajstić information content (AvgIpc) is 2.76. The van der Waals surface area contributed by atoms with Crippen molar-refractivity contribution in [3.8, 4) is 17.6 Å². The molecule has 4 rings (SSSR count). The molecule has 3 heterocycles. The molecule has 0 amide bonds. The van der Waals surface area contributed by atoms with Crippen LogP contribution in [0.2, 0.25) is 0 Å². The molecule has 7 heteroatoms. The Bertz CT molecular complexity index is 1240. The number of aryl methyl sites for hydroxylation is 1. The van der Waals surface area contributed by atoms with Crippen molar-refractivity contribution in [2.45, 2.75) is 19.4 Å². The zero-order chi connectivity index (χ0) is 21.3. The normalized spacial score (nSPS) is 15.2. The molecule has 7 nitrogen and oxygen atoms in total. The fourth-order valence-corrected chi connectivity index (χ4v) is 3.77. The highest BCUT2D eigenvalue weighted by atomic mass is 16.5. The van der Waals surface area contributed by atoms with Crippen molar-refractivity contribution < 1.29 is 9.47 Å². The number of hydrogen-bond donors (Lipinski definition) is 1. The van der Waals surface area contributed by atoms with Crippen LogP contribution in [0.4, 0.5) is 0 Å². The van der Waals surface area contributed by atoms with Gasteiger partial charge in [-0.2, -0.15) is 5.26 Å². The molecule has 1 aliphatic rings. The Kier molecular flexibility index (Phi) is 4.98. The van der Waals surface area contributed by atoms with Crippen LogP contribution in [0, 0.1) is 18.3 Å². The summed E-state index contributed by atoms with van der Waals surface area (Å²) in [6.07, 6.45) is 3.37. The molecular weight excluding hydrogens is 380 g/mol. The van der Waals surface area contributed by atoms with E-state index in [1.54, 1.807) is 36.2 Å². The Morgan fingerprint density at radius 3 is 2.70 bits per heavy atom. The van der Waals surface area contributed by atoms with Gasteiger partial charge in [-0.3, -0.25) is 9.78 Å². The first-order valence-corrected chi connectivity index (χ1v) is 9.39. The summed E-state index contributed by atoms with van der Waals surface area (Å²) in [6.45, 7) is 2.21. The van der Waals surface area contributed by atoms with Gasteiger partial charge >= 0.3 is 0 Å². The zero-order valence-corrected chi connectivity index (χ0v) is 16.6. The van der Waals surface area contributed by atoms with E-state index in [0.29, 0.717) is 29.2 Å². The number of allylic oxidation sites excluding steroid dienone is 1. The molecule has 150 valence electrons. The number of methoxy groups -OCH3 is 1. The van der Waals surface area contributed by atoms with Crippen molar-refractivity contribution in [2.24, 2.45) is 5.73 Å². The highest BCUT2D eigenvalue weighted by Crippen LogP contribution is 2.43. The van der Waals surface area contributed by atoms with Crippen LogP contribution >= 0.6 is 0 Å². The Hall–Kier alpha value is -4.05. The van der Waals surface area contributed by atoms with Gasteiger partial charge in [0.15, 0.2) is 0 Å². The monoisotopic (exact) mass is 400 g/mol. The lowest BCUT2D eigenvalue weighted by Gasteiger charge is -2.28. The minimum absolute atomic E-state index is 0.00779. The molecule has 2 N–H and O–H groups in total. The minimum atomic E-state index is -0.688. The molecule has 1 aromatic carbocycles. The molecule has 1 unspecified atom stereocenters. The molecule has 0 spiro atoms. The molecule has 30 heavy (non-hydrogen) atoms. The molecule has 1 atom stereocenters. The summed E-state index contributed by atoms with van der Waals surface area (Å²) in [4.78, 5) is 17.7. The topological polar surface area (TPSA) is 103 Å². The number of aromatic nitrogens is 2. The summed E-state index contributed by atoms with van der Waals surface area (Å²) in [6, 6.07) is 14.9. The van der Waals surface area contributed by atoms with Crippen molar-refractivity contribution in [2.75, 3.05) is 7.11 Å². The van der Waals surface area contributed by atoms with E-state index in [9.17, 15) is 10.1 Å². The lowest BCUT2D eigenvalue weighted by atomic mass is 9.83. The van der Waals surface area contributed by atoms with E-state index in [4.69, 9.17) is 15.2 Å². The van der Waals surface area contributed by atoms with Gasteiger partial charge < -0.3 is 19.8 Å². The molecule has 2 aromatic heterocycles. The summed E-state index contributed by atoms with van der Waals surface area (Å²) >= 11 is 0. The van der Waals surface area contributed by atoms with Crippen molar-refractivity contribution >= 4 is 0 Å². The van der Waals surface area contributed by atoms with Crippen LogP contribution in [0.15, 0.2) is 71.1 Å². The van der Waals surface area contributed by atoms with Crippen LogP contribution in [0.3, 0.4) is 0 Å². The second-order valence-electron chi connectivity index (χ2n) is 6.98. The van der Waals surface area contributed by atoms with Crippen molar-refractivity contribution in [3.63, 3.8) is 0 Å². The zero-order valence-electron chi connectivity index (χ0n) is 16.6. The van der Waals surface area contributed by atoms with Crippen molar-refractivity contribution in [3.05, 3.63) is 99.1 Å². The minimum Gasteiger partial charge on any atom is -0.496 e. The largest absolute Gasteiger partial charge is 0.496 e. The van der Waals surface area contributed by atoms with Gasteiger partial charge in [-0.1, -0.05) is 18.2 Å². The van der Waals surface area contributed by atoms with E-state index < -0.39 is 5.92 Å². The number of fused-ring (bicyclic) bond motifs is 1. The number of pyridine rings is 2. The maximum Gasteiger partial charge on any atom is 0.259 e. The van der Waals surface area contributed by atoms with Gasteiger partial charge in [-0.25, -0.2) is 0 Å². The molecule has 0 fully saturated rings. The van der Waals surface area contributed by atoms with Crippen LogP contribution in [-0.2, 0) is 6.54 Å². The van der Waals surface area contributed by atoms with Gasteiger partial charge in [-0.05, 0) is 30.7 Å². The van der Waals surface area contributed by atoms with E-state index in [0.717, 1.165) is 11.3 Å². The fourth-order valence-electron chi connectivity index (χ4n) is 3.77. The summed E-state index contributed by atoms with van der Waals surface area (Å²) in [5.74, 6) is 0.228. The van der Waals surface area contributed by atoms with Crippen LogP contribution < -0.4 is 20.8 Å². The Morgan fingerprint density at radius 2 is 2.00 bits per heavy atom. The maximum absolute atomic E-state index is 13.6. The lowest BCUT2D eigenvalue weighted by Crippen LogP contribution is -2.33. The number of para-hydroxylation sites is 1. The second kappa shape index (κ2) is 7.76. The molecular formula is C23H20N4O3. The van der Waals surface area contributed by atoms with Gasteiger partial charge in [0.2, 0.25) is 5.88 Å². The average molecular weight is 400 g/mol. The van der Waals surface area contributed by atoms with E-state index in [-0.39, 0.29) is 17.0 Å². The van der Waals surface area contributed by atoms with Crippen LogP contribution in [0.1, 0.15) is 28.3 Å². The van der Waals surface area contributed by atoms with E-state index in [1.807, 2.05) is 37.3 Å². The third kappa shape index (κ3) is 3.18. The van der Waals surface area contributed by atoms with E-state index in [1.165, 1.54) is 0 Å². The van der Waals surface area contributed by atoms with Crippen LogP contribution in [-0.4, -0.2) is 16.7 Å². The predicted molar refractivity (Wildman–Crippen MR) is 111 cm³/mol. The summed E-state index contributed by atoms with van der Waals surface area (Å²) < 4.78 is 12.9. The van der Waals surface area contributed by atoms with Gasteiger partial charge in [0.1, 0.15) is 23.1 Å². The maximum atomic E-state index is 13.6. The predicted octanol–water partition coefficient (Wildman–Crippen LogP) is 2.83. The van der Waals surface area contributed by atoms with Crippen molar-refractivity contribution in [1.29, 1.82) is 5.26 Å². The molecule has 0 saturated carbocycles. The third-order valence-corrected chi connectivity index (χ3v) is 5.23. The number of nitrogens with two attached hydrogens (primary N) is 1. The Balaban J connectivity index is 1.96. The number of hydrogen-bond acceptors (Lipinski definition) is 6. The van der Waals surface area contributed by atoms with E-state index >= 15 is 0 Å². The summed E-state index contributed by atoms with van der Waals surface area (Å²) in [7, 11) is 1.55. The highest BCUT2D eigenvalue weighted by Gasteiger charge is 2.35. The fraction of sp³-hybridized carbons (Fsp3) is 0.174. The Morgan fingerprint density at radius 1 is 1.27 bits per heavy atom. The lowest BCUT2D eigenvalue weighted by molar-refractivity contribution is 0.383. The number of ether oxygens (including phenoxy) is 2. The molecule has 0 saturated heterocycles. The van der Waals surface area contributed by atoms with E-state index in [2.05, 4.69) is 11.1 Å². The summed E-state index contributed by atoms with van der Waals surface area (Å²) in [5.41, 5.74) is 8.72. The van der Waals surface area contributed by atoms with Crippen molar-refractivity contribution in [1.82, 2.24) is 9.55 Å². The first-order chi connectivity index (χ1) is 14.5. The standard InChI is InChI=1S/C23H20N4O3/c1-14-11-19-21(23(28)27(14)13-15-7-9-26-10-8-15)20(17(12-24)22(25)30-19)16-5-3-4-6-18(16)29-2/h3-11,20H,13,25H2,1-2H3. The number of nitriles is 1. The van der Waals surface area contributed by atoms with Gasteiger partial charge in [0.25, 0.3) is 5.56 Å². The quantitative estimate of drug-likeness (QED) is 0.722. The highest BCUT2D eigenvalue weighted by molar-refractivity contribution is 5.58. The van der Waals surface area contributed by atoms with Crippen LogP contribution in [0.5, 0.6) is 11.5 Å². The molecule has 0 bridgehead atoms. The molecule has 0 radical (unpaired) electrons. The molecule has 0 aliphatic carbocycles. The number of nitrogens with zero attached hydrogens (tertiary/aromatic N) is 3. The van der Waals surface area contributed by atoms with Crippen LogP contribution in [0.25, 0.3) is 0 Å². The SMILES string of the molecule is COc1ccccc1C1C(C#N)=C(N)Oc2cc(C)n(Cc3ccncc3)c(=O)c21. The molecule has 3 aromatic rings. The third-order valence-electron chi connectivity index (χ3n) is 5.23. The number of rotatable bonds is 4. The first kappa shape index (κ1) is 19.3. The van der Waals surface area contributed by atoms with Gasteiger partial charge in [0, 0.05) is 29.7 Å². The summed E-state index contributed by atoms with van der Waals surface area (Å²) in [5, 5.41) is 9.81. The number of benzene rings is 1. The Labute approximate surface area is 173 Å². The van der Waals surface area contributed by atoms with Gasteiger partial charge in [-0.15, -0.1) is 0 Å². The first-order valence-electron chi connectivity index (χ1n) is 9.39. The second-order valence-corrected chi connectivity index (χ2v) is 6.98. The molecule has 1 aliphatic heterocycles. The smallest absolute Gasteiger partial charge is 0.259 e.